The Kier molecular flexibility index (Phi) is 4.74. The van der Waals surface area contributed by atoms with Crippen molar-refractivity contribution in [3.8, 4) is 0 Å². The number of halogens is 1. The average Bonchev–Trinajstić information content (AvgIpc) is 3.14. The number of likely N-dealkylation sites (tertiary alicyclic amines) is 1. The van der Waals surface area contributed by atoms with Crippen molar-refractivity contribution >= 4 is 39.1 Å². The van der Waals surface area contributed by atoms with E-state index in [1.165, 1.54) is 16.0 Å². The Balaban J connectivity index is 1.43. The van der Waals surface area contributed by atoms with Crippen LogP contribution in [0.25, 0.3) is 10.2 Å². The Morgan fingerprint density at radius 1 is 1.23 bits per heavy atom. The van der Waals surface area contributed by atoms with Crippen LogP contribution in [0.3, 0.4) is 0 Å². The summed E-state index contributed by atoms with van der Waals surface area (Å²) in [5.74, 6) is 0.0590. The van der Waals surface area contributed by atoms with Crippen molar-refractivity contribution in [1.29, 1.82) is 0 Å². The molecule has 1 saturated heterocycles. The number of hydrogen-bond donors (Lipinski definition) is 0. The number of amides is 1. The molecular weight excluding hydrogens is 372 g/mol. The summed E-state index contributed by atoms with van der Waals surface area (Å²) in [7, 11) is 0. The predicted octanol–water partition coefficient (Wildman–Crippen LogP) is 2.91. The molecule has 0 aliphatic carbocycles. The number of carbonyl (C=O) groups is 1. The van der Waals surface area contributed by atoms with Gasteiger partial charge in [0.2, 0.25) is 5.91 Å². The molecule has 3 heterocycles. The van der Waals surface area contributed by atoms with E-state index in [1.54, 1.807) is 12.1 Å². The summed E-state index contributed by atoms with van der Waals surface area (Å²) in [4.78, 5) is 26.9. The number of fused-ring (bicyclic) bond motifs is 1. The van der Waals surface area contributed by atoms with Crippen molar-refractivity contribution in [2.45, 2.75) is 25.3 Å². The first-order chi connectivity index (χ1) is 12.6. The molecule has 0 bridgehead atoms. The maximum absolute atomic E-state index is 12.6. The summed E-state index contributed by atoms with van der Waals surface area (Å²) in [6.07, 6.45) is 1.69. The third-order valence-corrected chi connectivity index (χ3v) is 6.02. The lowest BCUT2D eigenvalue weighted by Gasteiger charge is -2.32. The molecule has 1 aromatic carbocycles. The minimum Gasteiger partial charge on any atom is -0.342 e. The molecule has 1 amide bonds. The van der Waals surface area contributed by atoms with Crippen molar-refractivity contribution in [3.05, 3.63) is 56.7 Å². The van der Waals surface area contributed by atoms with Gasteiger partial charge in [-0.15, -0.1) is 16.4 Å². The number of thiophene rings is 1. The molecule has 0 unspecified atom stereocenters. The van der Waals surface area contributed by atoms with E-state index < -0.39 is 0 Å². The summed E-state index contributed by atoms with van der Waals surface area (Å²) >= 11 is 7.53. The predicted molar refractivity (Wildman–Crippen MR) is 102 cm³/mol. The molecule has 6 nitrogen and oxygen atoms in total. The maximum atomic E-state index is 12.6. The average molecular weight is 389 g/mol. The normalized spacial score (nSPS) is 15.5. The third-order valence-electron chi connectivity index (χ3n) is 4.76. The van der Waals surface area contributed by atoms with E-state index in [9.17, 15) is 9.59 Å². The van der Waals surface area contributed by atoms with Crippen LogP contribution >= 0.6 is 22.9 Å². The molecule has 26 heavy (non-hydrogen) atoms. The monoisotopic (exact) mass is 388 g/mol. The molecule has 3 aromatic rings. The van der Waals surface area contributed by atoms with Crippen LogP contribution in [0.4, 0.5) is 0 Å². The lowest BCUT2D eigenvalue weighted by atomic mass is 10.0. The van der Waals surface area contributed by atoms with Gasteiger partial charge in [-0.1, -0.05) is 35.0 Å². The molecule has 0 spiro atoms. The molecule has 4 rings (SSSR count). The van der Waals surface area contributed by atoms with Crippen LogP contribution < -0.4 is 5.56 Å². The quantitative estimate of drug-likeness (QED) is 0.691. The highest BCUT2D eigenvalue weighted by Gasteiger charge is 2.26. The summed E-state index contributed by atoms with van der Waals surface area (Å²) in [5.41, 5.74) is 1.39. The largest absolute Gasteiger partial charge is 0.342 e. The standard InChI is InChI=1S/C18H17ClN4O2S/c19-14-4-2-1-3-12(14)11-16(24)22-8-5-13(6-9-22)23-18(25)17-15(20-21-23)7-10-26-17/h1-4,7,10,13H,5-6,8-9,11H2. The second-order valence-corrected chi connectivity index (χ2v) is 7.68. The number of aromatic nitrogens is 3. The van der Waals surface area contributed by atoms with Crippen molar-refractivity contribution < 1.29 is 4.79 Å². The van der Waals surface area contributed by atoms with Gasteiger partial charge in [-0.05, 0) is 35.9 Å². The summed E-state index contributed by atoms with van der Waals surface area (Å²) in [6, 6.07) is 9.18. The lowest BCUT2D eigenvalue weighted by Crippen LogP contribution is -2.42. The van der Waals surface area contributed by atoms with Gasteiger partial charge in [0.25, 0.3) is 5.56 Å². The zero-order valence-electron chi connectivity index (χ0n) is 14.0. The van der Waals surface area contributed by atoms with Gasteiger partial charge >= 0.3 is 0 Å². The van der Waals surface area contributed by atoms with Crippen LogP contribution in [0, 0.1) is 0 Å². The zero-order chi connectivity index (χ0) is 18.1. The van der Waals surface area contributed by atoms with Gasteiger partial charge in [0.05, 0.1) is 12.5 Å². The van der Waals surface area contributed by atoms with Crippen LogP contribution in [-0.2, 0) is 11.2 Å². The molecule has 0 atom stereocenters. The lowest BCUT2D eigenvalue weighted by molar-refractivity contribution is -0.131. The molecular formula is C18H17ClN4O2S. The van der Waals surface area contributed by atoms with Gasteiger partial charge in [-0.3, -0.25) is 9.59 Å². The first kappa shape index (κ1) is 17.2. The Hall–Kier alpha value is -2.25. The molecule has 1 aliphatic rings. The molecule has 1 aliphatic heterocycles. The fourth-order valence-corrected chi connectivity index (χ4v) is 4.26. The fraction of sp³-hybridized carbons (Fsp3) is 0.333. The van der Waals surface area contributed by atoms with E-state index in [0.717, 1.165) is 5.56 Å². The van der Waals surface area contributed by atoms with Crippen LogP contribution in [0.1, 0.15) is 24.4 Å². The van der Waals surface area contributed by atoms with Crippen molar-refractivity contribution in [3.63, 3.8) is 0 Å². The Bertz CT molecular complexity index is 1010. The van der Waals surface area contributed by atoms with Gasteiger partial charge in [0.15, 0.2) is 0 Å². The van der Waals surface area contributed by atoms with Gasteiger partial charge in [0.1, 0.15) is 10.2 Å². The second kappa shape index (κ2) is 7.17. The van der Waals surface area contributed by atoms with Gasteiger partial charge < -0.3 is 4.90 Å². The van der Waals surface area contributed by atoms with Gasteiger partial charge in [0, 0.05) is 18.1 Å². The van der Waals surface area contributed by atoms with Crippen molar-refractivity contribution in [2.24, 2.45) is 0 Å². The first-order valence-electron chi connectivity index (χ1n) is 8.47. The van der Waals surface area contributed by atoms with Gasteiger partial charge in [-0.25, -0.2) is 4.68 Å². The van der Waals surface area contributed by atoms with E-state index >= 15 is 0 Å². The van der Waals surface area contributed by atoms with E-state index in [1.807, 2.05) is 28.5 Å². The Morgan fingerprint density at radius 3 is 2.77 bits per heavy atom. The maximum Gasteiger partial charge on any atom is 0.287 e. The van der Waals surface area contributed by atoms with Crippen LogP contribution in [0.5, 0.6) is 0 Å². The second-order valence-electron chi connectivity index (χ2n) is 6.35. The minimum atomic E-state index is -0.0918. The highest BCUT2D eigenvalue weighted by Crippen LogP contribution is 2.23. The van der Waals surface area contributed by atoms with Crippen molar-refractivity contribution in [2.75, 3.05) is 13.1 Å². The molecule has 0 N–H and O–H groups in total. The SMILES string of the molecule is O=C(Cc1ccccc1Cl)N1CCC(n2nnc3ccsc3c2=O)CC1. The summed E-state index contributed by atoms with van der Waals surface area (Å²) in [6.45, 7) is 1.20. The van der Waals surface area contributed by atoms with Crippen LogP contribution in [0.15, 0.2) is 40.5 Å². The topological polar surface area (TPSA) is 68.1 Å². The smallest absolute Gasteiger partial charge is 0.287 e. The fourth-order valence-electron chi connectivity index (χ4n) is 3.30. The summed E-state index contributed by atoms with van der Waals surface area (Å²) < 4.78 is 2.12. The number of rotatable bonds is 3. The minimum absolute atomic E-state index is 0.0223. The Morgan fingerprint density at radius 2 is 2.00 bits per heavy atom. The molecule has 1 fully saturated rings. The molecule has 0 saturated carbocycles. The molecule has 2 aromatic heterocycles. The van der Waals surface area contributed by atoms with Crippen LogP contribution in [0.2, 0.25) is 5.02 Å². The number of piperidine rings is 1. The molecule has 8 heteroatoms. The highest BCUT2D eigenvalue weighted by atomic mass is 35.5. The van der Waals surface area contributed by atoms with E-state index in [0.29, 0.717) is 47.6 Å². The number of carbonyl (C=O) groups excluding carboxylic acids is 1. The first-order valence-corrected chi connectivity index (χ1v) is 9.73. The third kappa shape index (κ3) is 3.24. The van der Waals surface area contributed by atoms with Crippen LogP contribution in [-0.4, -0.2) is 38.9 Å². The van der Waals surface area contributed by atoms with E-state index in [4.69, 9.17) is 11.6 Å². The zero-order valence-corrected chi connectivity index (χ0v) is 15.5. The molecule has 0 radical (unpaired) electrons. The van der Waals surface area contributed by atoms with Crippen molar-refractivity contribution in [1.82, 2.24) is 19.9 Å². The number of benzene rings is 1. The number of hydrogen-bond acceptors (Lipinski definition) is 5. The number of nitrogens with zero attached hydrogens (tertiary/aromatic N) is 4. The van der Waals surface area contributed by atoms with E-state index in [2.05, 4.69) is 10.3 Å². The molecule has 134 valence electrons. The van der Waals surface area contributed by atoms with Gasteiger partial charge in [-0.2, -0.15) is 0 Å². The Labute approximate surface area is 159 Å². The highest BCUT2D eigenvalue weighted by molar-refractivity contribution is 7.17. The van der Waals surface area contributed by atoms with E-state index in [-0.39, 0.29) is 17.5 Å². The summed E-state index contributed by atoms with van der Waals surface area (Å²) in [5, 5.41) is 10.7.